The number of aliphatic hydroxyl groups excluding tert-OH is 1. The number of unbranched alkanes of at least 4 members (excludes halogenated alkanes) is 14. The molecule has 0 aliphatic rings. The molecule has 1 N–H and O–H groups in total. The van der Waals surface area contributed by atoms with Crippen LogP contribution in [0.25, 0.3) is 0 Å². The van der Waals surface area contributed by atoms with Gasteiger partial charge >= 0.3 is 51.4 Å². The first kappa shape index (κ1) is 32.7. The van der Waals surface area contributed by atoms with Gasteiger partial charge in [0, 0.05) is 5.25 Å². The van der Waals surface area contributed by atoms with Gasteiger partial charge in [0.25, 0.3) is 0 Å². The van der Waals surface area contributed by atoms with Crippen LogP contribution in [-0.2, 0) is 10.1 Å². The molecule has 2 unspecified atom stereocenters. The van der Waals surface area contributed by atoms with Crippen LogP contribution in [0.15, 0.2) is 0 Å². The Labute approximate surface area is 224 Å². The Kier molecular flexibility index (Phi) is 25.6. The molecule has 0 bridgehead atoms. The predicted molar refractivity (Wildman–Crippen MR) is 119 cm³/mol. The number of rotatable bonds is 21. The monoisotopic (exact) mass is 458 g/mol. The summed E-state index contributed by atoms with van der Waals surface area (Å²) in [5, 5.41) is 8.54. The molecule has 0 radical (unpaired) electrons. The Morgan fingerprint density at radius 3 is 1.28 bits per heavy atom. The van der Waals surface area contributed by atoms with Gasteiger partial charge in [-0.2, -0.15) is 0 Å². The van der Waals surface area contributed by atoms with E-state index in [1.165, 1.54) is 57.8 Å². The first-order valence-corrected chi connectivity index (χ1v) is 13.5. The van der Waals surface area contributed by atoms with Gasteiger partial charge in [-0.15, -0.1) is 0 Å². The van der Waals surface area contributed by atoms with E-state index in [9.17, 15) is 18.1 Å². The molecule has 0 aromatic heterocycles. The summed E-state index contributed by atoms with van der Waals surface area (Å²) < 4.78 is 34.5. The molecule has 6 heteroatoms. The van der Waals surface area contributed by atoms with Crippen LogP contribution in [0, 0.1) is 0 Å². The second-order valence-electron chi connectivity index (χ2n) is 8.63. The molecule has 0 rings (SSSR count). The normalized spacial score (nSPS) is 13.8. The molecule has 0 spiro atoms. The molecule has 0 aliphatic heterocycles. The van der Waals surface area contributed by atoms with Gasteiger partial charge < -0.3 is 9.66 Å². The van der Waals surface area contributed by atoms with Gasteiger partial charge in [-0.3, -0.25) is 0 Å². The minimum absolute atomic E-state index is 0. The fraction of sp³-hybridized carbons (Fsp3) is 1.00. The van der Waals surface area contributed by atoms with E-state index in [-0.39, 0.29) is 57.5 Å². The maximum Gasteiger partial charge on any atom is 1.00 e. The van der Waals surface area contributed by atoms with Crippen molar-refractivity contribution in [3.05, 3.63) is 0 Å². The van der Waals surface area contributed by atoms with Crippen molar-refractivity contribution in [2.75, 3.05) is 0 Å². The van der Waals surface area contributed by atoms with E-state index >= 15 is 0 Å². The number of hydrogen-bond donors (Lipinski definition) is 1. The van der Waals surface area contributed by atoms with E-state index in [0.29, 0.717) is 12.8 Å². The fourth-order valence-electron chi connectivity index (χ4n) is 3.81. The maximum atomic E-state index is 11.5. The van der Waals surface area contributed by atoms with E-state index < -0.39 is 15.4 Å². The van der Waals surface area contributed by atoms with E-state index in [0.717, 1.165) is 51.4 Å². The van der Waals surface area contributed by atoms with Gasteiger partial charge in [-0.1, -0.05) is 110 Å². The molecular weight excluding hydrogens is 411 g/mol. The van der Waals surface area contributed by atoms with Crippen molar-refractivity contribution in [3.8, 4) is 0 Å². The van der Waals surface area contributed by atoms with Crippen LogP contribution < -0.4 is 51.4 Å². The quantitative estimate of drug-likeness (QED) is 0.162. The predicted octanol–water partition coefficient (Wildman–Crippen LogP) is 3.72. The Balaban J connectivity index is 0. The van der Waals surface area contributed by atoms with Crippen molar-refractivity contribution in [3.63, 3.8) is 0 Å². The van der Waals surface area contributed by atoms with Crippen molar-refractivity contribution in [1.29, 1.82) is 0 Å². The van der Waals surface area contributed by atoms with Gasteiger partial charge in [0.05, 0.1) is 16.2 Å². The Morgan fingerprint density at radius 2 is 0.966 bits per heavy atom. The molecule has 0 heterocycles. The molecule has 2 atom stereocenters. The van der Waals surface area contributed by atoms with Crippen LogP contribution in [-0.4, -0.2) is 29.4 Å². The SMILES string of the molecule is CCCCCCCCCCC(CCCCCCCCCCC(C)O)S(=O)(=O)[O-].[K+]. The van der Waals surface area contributed by atoms with Crippen LogP contribution in [0.2, 0.25) is 0 Å². The van der Waals surface area contributed by atoms with Crippen molar-refractivity contribution < 1.29 is 69.5 Å². The second-order valence-corrected chi connectivity index (χ2v) is 10.3. The van der Waals surface area contributed by atoms with Crippen molar-refractivity contribution in [2.24, 2.45) is 0 Å². The Hall–Kier alpha value is 1.51. The van der Waals surface area contributed by atoms with Crippen LogP contribution >= 0.6 is 0 Å². The minimum atomic E-state index is -4.15. The summed E-state index contributed by atoms with van der Waals surface area (Å²) in [6.07, 6.45) is 20.1. The Bertz CT molecular complexity index is 427. The molecule has 0 aromatic rings. The van der Waals surface area contributed by atoms with E-state index in [2.05, 4.69) is 6.92 Å². The topological polar surface area (TPSA) is 77.4 Å². The summed E-state index contributed by atoms with van der Waals surface area (Å²) >= 11 is 0. The molecular formula is C23H47KO4S. The van der Waals surface area contributed by atoms with Gasteiger partial charge in [0.2, 0.25) is 0 Å². The smallest absolute Gasteiger partial charge is 0.748 e. The molecule has 0 saturated carbocycles. The largest absolute Gasteiger partial charge is 1.00 e. The summed E-state index contributed by atoms with van der Waals surface area (Å²) in [5.41, 5.74) is 0. The van der Waals surface area contributed by atoms with Gasteiger partial charge in [-0.05, 0) is 26.2 Å². The molecule has 0 amide bonds. The second kappa shape index (κ2) is 22.7. The maximum absolute atomic E-state index is 11.5. The summed E-state index contributed by atoms with van der Waals surface area (Å²) in [4.78, 5) is 0. The molecule has 0 saturated heterocycles. The molecule has 4 nitrogen and oxygen atoms in total. The van der Waals surface area contributed by atoms with E-state index in [4.69, 9.17) is 0 Å². The van der Waals surface area contributed by atoms with Crippen LogP contribution in [0.3, 0.4) is 0 Å². The molecule has 170 valence electrons. The Morgan fingerprint density at radius 1 is 0.655 bits per heavy atom. The average molecular weight is 459 g/mol. The first-order chi connectivity index (χ1) is 13.4. The van der Waals surface area contributed by atoms with E-state index in [1.807, 2.05) is 6.92 Å². The van der Waals surface area contributed by atoms with Crippen LogP contribution in [0.4, 0.5) is 0 Å². The third-order valence-corrected chi connectivity index (χ3v) is 6.97. The van der Waals surface area contributed by atoms with Crippen LogP contribution in [0.1, 0.15) is 136 Å². The third-order valence-electron chi connectivity index (χ3n) is 5.69. The van der Waals surface area contributed by atoms with Gasteiger partial charge in [0.1, 0.15) is 0 Å². The zero-order valence-corrected chi connectivity index (χ0v) is 23.6. The molecule has 0 aliphatic carbocycles. The summed E-state index contributed by atoms with van der Waals surface area (Å²) in [6, 6.07) is 0. The zero-order chi connectivity index (χ0) is 21.1. The van der Waals surface area contributed by atoms with Gasteiger partial charge in [0.15, 0.2) is 0 Å². The minimum Gasteiger partial charge on any atom is -0.748 e. The zero-order valence-electron chi connectivity index (χ0n) is 19.7. The average Bonchev–Trinajstić information content (AvgIpc) is 2.62. The first-order valence-electron chi connectivity index (χ1n) is 12.0. The standard InChI is InChI=1S/C23H48O4S.K/c1-3-4-5-6-7-11-14-17-20-23(28(25,26)27)21-18-15-12-9-8-10-13-16-19-22(2)24;/h22-24H,3-21H2,1-2H3,(H,25,26,27);/q;+1/p-1. The van der Waals surface area contributed by atoms with Gasteiger partial charge in [-0.25, -0.2) is 8.42 Å². The molecule has 0 fully saturated rings. The van der Waals surface area contributed by atoms with Crippen molar-refractivity contribution >= 4 is 10.1 Å². The number of aliphatic hydroxyl groups is 1. The summed E-state index contributed by atoms with van der Waals surface area (Å²) in [5.74, 6) is 0. The third kappa shape index (κ3) is 24.0. The summed E-state index contributed by atoms with van der Waals surface area (Å²) in [7, 11) is -4.15. The van der Waals surface area contributed by atoms with Crippen molar-refractivity contribution in [2.45, 2.75) is 147 Å². The van der Waals surface area contributed by atoms with Crippen molar-refractivity contribution in [1.82, 2.24) is 0 Å². The van der Waals surface area contributed by atoms with Crippen LogP contribution in [0.5, 0.6) is 0 Å². The summed E-state index contributed by atoms with van der Waals surface area (Å²) in [6.45, 7) is 4.05. The fourth-order valence-corrected chi connectivity index (χ4v) is 4.72. The molecule has 29 heavy (non-hydrogen) atoms. The van der Waals surface area contributed by atoms with E-state index in [1.54, 1.807) is 0 Å². The molecule has 0 aromatic carbocycles. The number of hydrogen-bond acceptors (Lipinski definition) is 4.